The normalized spacial score (nSPS) is 16.1. The molecule has 2 heterocycles. The number of aromatic nitrogens is 1. The zero-order valence-electron chi connectivity index (χ0n) is 11.4. The van der Waals surface area contributed by atoms with E-state index >= 15 is 0 Å². The summed E-state index contributed by atoms with van der Waals surface area (Å²) in [6, 6.07) is 8.42. The highest BCUT2D eigenvalue weighted by atomic mass is 16.6. The molecule has 6 heteroatoms. The molecule has 0 unspecified atom stereocenters. The average molecular weight is 285 g/mol. The summed E-state index contributed by atoms with van der Waals surface area (Å²) in [4.78, 5) is 27.9. The number of carbonyl (C=O) groups is 1. The van der Waals surface area contributed by atoms with Crippen molar-refractivity contribution in [2.75, 3.05) is 18.0 Å². The Bertz CT molecular complexity index is 694. The number of rotatable bonds is 3. The van der Waals surface area contributed by atoms with Crippen molar-refractivity contribution >= 4 is 28.7 Å². The highest BCUT2D eigenvalue weighted by Gasteiger charge is 2.19. The van der Waals surface area contributed by atoms with E-state index in [-0.39, 0.29) is 11.6 Å². The molecule has 108 valence electrons. The predicted octanol–water partition coefficient (Wildman–Crippen LogP) is 2.56. The number of fused-ring (bicyclic) bond motifs is 1. The predicted molar refractivity (Wildman–Crippen MR) is 79.4 cm³/mol. The van der Waals surface area contributed by atoms with Gasteiger partial charge in [-0.15, -0.1) is 0 Å². The van der Waals surface area contributed by atoms with Crippen LogP contribution in [0.2, 0.25) is 0 Å². The highest BCUT2D eigenvalue weighted by Crippen LogP contribution is 2.25. The molecule has 1 aliphatic rings. The lowest BCUT2D eigenvalue weighted by molar-refractivity contribution is -0.384. The number of piperidine rings is 1. The van der Waals surface area contributed by atoms with Crippen LogP contribution in [0.25, 0.3) is 10.9 Å². The molecular formula is C15H15N3O3. The van der Waals surface area contributed by atoms with Crippen molar-refractivity contribution in [3.05, 3.63) is 40.4 Å². The van der Waals surface area contributed by atoms with Crippen LogP contribution in [-0.4, -0.2) is 29.3 Å². The standard InChI is InChI=1S/C15H15N3O3/c19-10-11-5-7-17(8-6-11)15-4-1-12-9-13(18(20)21)2-3-14(12)16-15/h1-4,9-11H,5-8H2. The quantitative estimate of drug-likeness (QED) is 0.492. The lowest BCUT2D eigenvalue weighted by atomic mass is 9.98. The number of pyridine rings is 1. The number of hydrogen-bond acceptors (Lipinski definition) is 5. The van der Waals surface area contributed by atoms with Crippen molar-refractivity contribution < 1.29 is 9.72 Å². The summed E-state index contributed by atoms with van der Waals surface area (Å²) >= 11 is 0. The fourth-order valence-corrected chi connectivity index (χ4v) is 2.66. The summed E-state index contributed by atoms with van der Waals surface area (Å²) in [6.07, 6.45) is 2.73. The topological polar surface area (TPSA) is 76.3 Å². The van der Waals surface area contributed by atoms with Gasteiger partial charge in [0.2, 0.25) is 0 Å². The molecule has 0 radical (unpaired) electrons. The van der Waals surface area contributed by atoms with Gasteiger partial charge >= 0.3 is 0 Å². The number of nitro benzene ring substituents is 1. The molecule has 3 rings (SSSR count). The van der Waals surface area contributed by atoms with E-state index in [1.54, 1.807) is 6.07 Å². The highest BCUT2D eigenvalue weighted by molar-refractivity contribution is 5.82. The first-order valence-corrected chi connectivity index (χ1v) is 6.93. The van der Waals surface area contributed by atoms with Gasteiger partial charge in [-0.3, -0.25) is 10.1 Å². The zero-order chi connectivity index (χ0) is 14.8. The van der Waals surface area contributed by atoms with E-state index in [4.69, 9.17) is 0 Å². The molecule has 0 spiro atoms. The lowest BCUT2D eigenvalue weighted by Crippen LogP contribution is -2.34. The van der Waals surface area contributed by atoms with E-state index in [1.165, 1.54) is 12.1 Å². The smallest absolute Gasteiger partial charge is 0.270 e. The summed E-state index contributed by atoms with van der Waals surface area (Å²) in [5.74, 6) is 1.02. The third-order valence-electron chi connectivity index (χ3n) is 3.92. The number of benzene rings is 1. The Hall–Kier alpha value is -2.50. The fraction of sp³-hybridized carbons (Fsp3) is 0.333. The first kappa shape index (κ1) is 13.5. The molecule has 21 heavy (non-hydrogen) atoms. The minimum absolute atomic E-state index is 0.0730. The van der Waals surface area contributed by atoms with Crippen LogP contribution >= 0.6 is 0 Å². The molecule has 1 aromatic heterocycles. The van der Waals surface area contributed by atoms with E-state index in [9.17, 15) is 14.9 Å². The van der Waals surface area contributed by atoms with Gasteiger partial charge in [0.1, 0.15) is 12.1 Å². The maximum Gasteiger partial charge on any atom is 0.270 e. The van der Waals surface area contributed by atoms with Crippen molar-refractivity contribution in [1.29, 1.82) is 0 Å². The molecule has 1 fully saturated rings. The van der Waals surface area contributed by atoms with Crippen molar-refractivity contribution in [2.24, 2.45) is 5.92 Å². The minimum Gasteiger partial charge on any atom is -0.357 e. The molecule has 1 aromatic carbocycles. The van der Waals surface area contributed by atoms with Gasteiger partial charge in [-0.05, 0) is 31.0 Å². The molecule has 0 amide bonds. The van der Waals surface area contributed by atoms with E-state index in [0.717, 1.165) is 48.9 Å². The average Bonchev–Trinajstić information content (AvgIpc) is 2.54. The second-order valence-corrected chi connectivity index (χ2v) is 5.26. The number of non-ortho nitro benzene ring substituents is 1. The van der Waals surface area contributed by atoms with Gasteiger partial charge in [0.15, 0.2) is 0 Å². The molecule has 0 N–H and O–H groups in total. The Morgan fingerprint density at radius 1 is 1.24 bits per heavy atom. The van der Waals surface area contributed by atoms with Crippen LogP contribution in [0.15, 0.2) is 30.3 Å². The molecule has 0 saturated carbocycles. The molecule has 1 aliphatic heterocycles. The van der Waals surface area contributed by atoms with E-state index in [1.807, 2.05) is 12.1 Å². The first-order valence-electron chi connectivity index (χ1n) is 6.93. The summed E-state index contributed by atoms with van der Waals surface area (Å²) in [6.45, 7) is 1.63. The molecule has 0 bridgehead atoms. The molecule has 6 nitrogen and oxygen atoms in total. The summed E-state index contributed by atoms with van der Waals surface area (Å²) in [5.41, 5.74) is 0.819. The minimum atomic E-state index is -0.405. The summed E-state index contributed by atoms with van der Waals surface area (Å²) in [7, 11) is 0. The summed E-state index contributed by atoms with van der Waals surface area (Å²) in [5, 5.41) is 11.5. The third-order valence-corrected chi connectivity index (χ3v) is 3.92. The number of nitro groups is 1. The molecule has 2 aromatic rings. The Morgan fingerprint density at radius 3 is 2.67 bits per heavy atom. The maximum atomic E-state index is 10.8. The Balaban J connectivity index is 1.86. The molecule has 0 atom stereocenters. The number of hydrogen-bond donors (Lipinski definition) is 0. The Labute approximate surface area is 121 Å². The van der Waals surface area contributed by atoms with Gasteiger partial charge < -0.3 is 9.69 Å². The molecule has 0 aliphatic carbocycles. The number of aldehydes is 1. The Kier molecular flexibility index (Phi) is 3.51. The Morgan fingerprint density at radius 2 is 2.00 bits per heavy atom. The van der Waals surface area contributed by atoms with Gasteiger partial charge in [-0.25, -0.2) is 4.98 Å². The summed E-state index contributed by atoms with van der Waals surface area (Å²) < 4.78 is 0. The van der Waals surface area contributed by atoms with Gasteiger partial charge in [0.25, 0.3) is 5.69 Å². The van der Waals surface area contributed by atoms with E-state index < -0.39 is 4.92 Å². The molecular weight excluding hydrogens is 270 g/mol. The largest absolute Gasteiger partial charge is 0.357 e. The van der Waals surface area contributed by atoms with Gasteiger partial charge in [-0.2, -0.15) is 0 Å². The van der Waals surface area contributed by atoms with Crippen LogP contribution < -0.4 is 4.90 Å². The second-order valence-electron chi connectivity index (χ2n) is 5.26. The van der Waals surface area contributed by atoms with E-state index in [2.05, 4.69) is 9.88 Å². The van der Waals surface area contributed by atoms with Gasteiger partial charge in [-0.1, -0.05) is 0 Å². The van der Waals surface area contributed by atoms with Crippen LogP contribution in [-0.2, 0) is 4.79 Å². The maximum absolute atomic E-state index is 10.8. The van der Waals surface area contributed by atoms with Crippen molar-refractivity contribution in [3.8, 4) is 0 Å². The van der Waals surface area contributed by atoms with Crippen LogP contribution in [0.5, 0.6) is 0 Å². The number of anilines is 1. The lowest BCUT2D eigenvalue weighted by Gasteiger charge is -2.30. The van der Waals surface area contributed by atoms with Crippen LogP contribution in [0.1, 0.15) is 12.8 Å². The van der Waals surface area contributed by atoms with Gasteiger partial charge in [0, 0.05) is 36.5 Å². The van der Waals surface area contributed by atoms with Crippen molar-refractivity contribution in [2.45, 2.75) is 12.8 Å². The molecule has 1 saturated heterocycles. The monoisotopic (exact) mass is 285 g/mol. The second kappa shape index (κ2) is 5.47. The zero-order valence-corrected chi connectivity index (χ0v) is 11.4. The van der Waals surface area contributed by atoms with Crippen LogP contribution in [0.3, 0.4) is 0 Å². The SMILES string of the molecule is O=CC1CCN(c2ccc3cc([N+](=O)[O-])ccc3n2)CC1. The van der Waals surface area contributed by atoms with Crippen molar-refractivity contribution in [3.63, 3.8) is 0 Å². The number of carbonyl (C=O) groups excluding carboxylic acids is 1. The third kappa shape index (κ3) is 2.69. The number of nitrogens with zero attached hydrogens (tertiary/aromatic N) is 3. The van der Waals surface area contributed by atoms with Crippen LogP contribution in [0, 0.1) is 16.0 Å². The first-order chi connectivity index (χ1) is 10.2. The van der Waals surface area contributed by atoms with Gasteiger partial charge in [0.05, 0.1) is 10.4 Å². The van der Waals surface area contributed by atoms with Crippen LogP contribution in [0.4, 0.5) is 11.5 Å². The van der Waals surface area contributed by atoms with E-state index in [0.29, 0.717) is 0 Å². The fourth-order valence-electron chi connectivity index (χ4n) is 2.66. The van der Waals surface area contributed by atoms with Crippen molar-refractivity contribution in [1.82, 2.24) is 4.98 Å².